The maximum atomic E-state index is 5.50. The first-order chi connectivity index (χ1) is 7.22. The van der Waals surface area contributed by atoms with Crippen LogP contribution in [0.4, 0.5) is 0 Å². The van der Waals surface area contributed by atoms with Crippen LogP contribution in [0, 0.1) is 5.92 Å². The van der Waals surface area contributed by atoms with Gasteiger partial charge in [-0.3, -0.25) is 0 Å². The summed E-state index contributed by atoms with van der Waals surface area (Å²) in [6.07, 6.45) is 3.75. The Kier molecular flexibility index (Phi) is 5.43. The normalized spacial score (nSPS) is 15.1. The summed E-state index contributed by atoms with van der Waals surface area (Å²) in [5, 5.41) is 3.49. The third-order valence-electron chi connectivity index (χ3n) is 2.56. The van der Waals surface area contributed by atoms with Gasteiger partial charge in [0.05, 0.1) is 6.26 Å². The lowest BCUT2D eigenvalue weighted by molar-refractivity contribution is 0.417. The highest BCUT2D eigenvalue weighted by Crippen LogP contribution is 2.05. The Morgan fingerprint density at radius 1 is 1.47 bits per heavy atom. The Morgan fingerprint density at radius 3 is 2.87 bits per heavy atom. The van der Waals surface area contributed by atoms with Crippen molar-refractivity contribution in [1.82, 2.24) is 5.32 Å². The van der Waals surface area contributed by atoms with Crippen LogP contribution in [0.3, 0.4) is 0 Å². The zero-order chi connectivity index (χ0) is 11.1. The molecule has 3 heteroatoms. The first-order valence-electron chi connectivity index (χ1n) is 5.68. The number of nitrogens with one attached hydrogen (secondary N) is 1. The van der Waals surface area contributed by atoms with Crippen LogP contribution in [0.1, 0.15) is 26.0 Å². The molecule has 0 spiro atoms. The highest BCUT2D eigenvalue weighted by Gasteiger charge is 2.07. The molecule has 0 saturated heterocycles. The van der Waals surface area contributed by atoms with E-state index in [4.69, 9.17) is 10.2 Å². The lowest BCUT2D eigenvalue weighted by Crippen LogP contribution is -2.32. The fourth-order valence-electron chi connectivity index (χ4n) is 1.59. The number of nitrogens with two attached hydrogens (primary N) is 1. The molecule has 0 radical (unpaired) electrons. The van der Waals surface area contributed by atoms with E-state index in [0.29, 0.717) is 12.0 Å². The van der Waals surface area contributed by atoms with Crippen molar-refractivity contribution in [2.75, 3.05) is 13.1 Å². The van der Waals surface area contributed by atoms with Gasteiger partial charge in [-0.2, -0.15) is 0 Å². The molecule has 0 aromatic carbocycles. The minimum absolute atomic E-state index is 0.455. The summed E-state index contributed by atoms with van der Waals surface area (Å²) in [4.78, 5) is 0. The lowest BCUT2D eigenvalue weighted by Gasteiger charge is -2.16. The van der Waals surface area contributed by atoms with Gasteiger partial charge in [-0.1, -0.05) is 6.92 Å². The van der Waals surface area contributed by atoms with Crippen molar-refractivity contribution in [3.8, 4) is 0 Å². The molecule has 1 aromatic rings. The van der Waals surface area contributed by atoms with Crippen LogP contribution in [0.2, 0.25) is 0 Å². The molecule has 0 aliphatic heterocycles. The summed E-state index contributed by atoms with van der Waals surface area (Å²) in [6.45, 7) is 6.20. The fraction of sp³-hybridized carbons (Fsp3) is 0.667. The first-order valence-corrected chi connectivity index (χ1v) is 5.68. The summed E-state index contributed by atoms with van der Waals surface area (Å²) in [5.74, 6) is 1.69. The van der Waals surface area contributed by atoms with E-state index < -0.39 is 0 Å². The molecule has 0 aliphatic carbocycles. The number of hydrogen-bond donors (Lipinski definition) is 2. The Balaban J connectivity index is 2.16. The molecule has 0 bridgehead atoms. The van der Waals surface area contributed by atoms with Crippen LogP contribution >= 0.6 is 0 Å². The molecule has 1 rings (SSSR count). The Bertz CT molecular complexity index is 246. The van der Waals surface area contributed by atoms with Crippen molar-refractivity contribution >= 4 is 0 Å². The molecule has 15 heavy (non-hydrogen) atoms. The van der Waals surface area contributed by atoms with Crippen molar-refractivity contribution in [2.45, 2.75) is 32.7 Å². The molecule has 3 N–H and O–H groups in total. The van der Waals surface area contributed by atoms with Crippen LogP contribution in [0.15, 0.2) is 22.8 Å². The van der Waals surface area contributed by atoms with Crippen LogP contribution in [0.25, 0.3) is 0 Å². The van der Waals surface area contributed by atoms with Crippen molar-refractivity contribution in [1.29, 1.82) is 0 Å². The van der Waals surface area contributed by atoms with Crippen molar-refractivity contribution < 1.29 is 4.42 Å². The van der Waals surface area contributed by atoms with Crippen LogP contribution in [-0.2, 0) is 6.42 Å². The summed E-state index contributed by atoms with van der Waals surface area (Å²) in [6, 6.07) is 4.40. The zero-order valence-electron chi connectivity index (χ0n) is 9.70. The van der Waals surface area contributed by atoms with Crippen molar-refractivity contribution in [2.24, 2.45) is 11.7 Å². The van der Waals surface area contributed by atoms with Gasteiger partial charge < -0.3 is 15.5 Å². The second-order valence-corrected chi connectivity index (χ2v) is 4.28. The molecule has 2 unspecified atom stereocenters. The molecule has 0 fully saturated rings. The summed E-state index contributed by atoms with van der Waals surface area (Å²) >= 11 is 0. The molecular formula is C12H22N2O. The maximum Gasteiger partial charge on any atom is 0.105 e. The minimum atomic E-state index is 0.455. The highest BCUT2D eigenvalue weighted by atomic mass is 16.3. The highest BCUT2D eigenvalue weighted by molar-refractivity contribution is 4.99. The van der Waals surface area contributed by atoms with E-state index >= 15 is 0 Å². The Labute approximate surface area is 92.0 Å². The van der Waals surface area contributed by atoms with Gasteiger partial charge in [-0.15, -0.1) is 0 Å². The van der Waals surface area contributed by atoms with Gasteiger partial charge in [0.1, 0.15) is 5.76 Å². The average Bonchev–Trinajstić information content (AvgIpc) is 2.68. The molecule has 2 atom stereocenters. The molecule has 0 saturated carbocycles. The molecule has 1 aromatic heterocycles. The smallest absolute Gasteiger partial charge is 0.105 e. The van der Waals surface area contributed by atoms with Gasteiger partial charge in [-0.25, -0.2) is 0 Å². The number of rotatable bonds is 7. The summed E-state index contributed by atoms with van der Waals surface area (Å²) < 4.78 is 5.30. The van der Waals surface area contributed by atoms with Crippen LogP contribution in [-0.4, -0.2) is 19.1 Å². The largest absolute Gasteiger partial charge is 0.469 e. The molecular weight excluding hydrogens is 188 g/mol. The SMILES string of the molecule is CC(CCN)CNC(C)Cc1ccco1. The third-order valence-corrected chi connectivity index (χ3v) is 2.56. The van der Waals surface area contributed by atoms with E-state index in [1.54, 1.807) is 6.26 Å². The third kappa shape index (κ3) is 5.00. The summed E-state index contributed by atoms with van der Waals surface area (Å²) in [7, 11) is 0. The van der Waals surface area contributed by atoms with Gasteiger partial charge in [0.25, 0.3) is 0 Å². The van der Waals surface area contributed by atoms with Crippen LogP contribution < -0.4 is 11.1 Å². The van der Waals surface area contributed by atoms with Gasteiger partial charge in [-0.05, 0) is 44.5 Å². The fourth-order valence-corrected chi connectivity index (χ4v) is 1.59. The van der Waals surface area contributed by atoms with Crippen LogP contribution in [0.5, 0.6) is 0 Å². The molecule has 86 valence electrons. The zero-order valence-corrected chi connectivity index (χ0v) is 9.70. The predicted molar refractivity (Wildman–Crippen MR) is 62.7 cm³/mol. The van der Waals surface area contributed by atoms with E-state index in [1.807, 2.05) is 12.1 Å². The topological polar surface area (TPSA) is 51.2 Å². The van der Waals surface area contributed by atoms with E-state index in [-0.39, 0.29) is 0 Å². The lowest BCUT2D eigenvalue weighted by atomic mass is 10.1. The van der Waals surface area contributed by atoms with Gasteiger partial charge in [0.2, 0.25) is 0 Å². The average molecular weight is 210 g/mol. The van der Waals surface area contributed by atoms with Gasteiger partial charge in [0, 0.05) is 12.5 Å². The number of furan rings is 1. The first kappa shape index (κ1) is 12.3. The van der Waals surface area contributed by atoms with Gasteiger partial charge >= 0.3 is 0 Å². The van der Waals surface area contributed by atoms with E-state index in [9.17, 15) is 0 Å². The van der Waals surface area contributed by atoms with Crippen molar-refractivity contribution in [3.05, 3.63) is 24.2 Å². The monoisotopic (exact) mass is 210 g/mol. The molecule has 0 amide bonds. The number of hydrogen-bond acceptors (Lipinski definition) is 3. The predicted octanol–water partition coefficient (Wildman–Crippen LogP) is 1.79. The minimum Gasteiger partial charge on any atom is -0.469 e. The van der Waals surface area contributed by atoms with E-state index in [0.717, 1.165) is 31.7 Å². The Morgan fingerprint density at radius 2 is 2.27 bits per heavy atom. The van der Waals surface area contributed by atoms with Crippen molar-refractivity contribution in [3.63, 3.8) is 0 Å². The maximum absolute atomic E-state index is 5.50. The molecule has 1 heterocycles. The molecule has 0 aliphatic rings. The molecule has 3 nitrogen and oxygen atoms in total. The Hall–Kier alpha value is -0.800. The van der Waals surface area contributed by atoms with E-state index in [2.05, 4.69) is 19.2 Å². The van der Waals surface area contributed by atoms with Gasteiger partial charge in [0.15, 0.2) is 0 Å². The quantitative estimate of drug-likeness (QED) is 0.721. The second kappa shape index (κ2) is 6.64. The second-order valence-electron chi connectivity index (χ2n) is 4.28. The standard InChI is InChI=1S/C12H22N2O/c1-10(5-6-13)9-14-11(2)8-12-4-3-7-15-12/h3-4,7,10-11,14H,5-6,8-9,13H2,1-2H3. The summed E-state index contributed by atoms with van der Waals surface area (Å²) in [5.41, 5.74) is 5.50. The van der Waals surface area contributed by atoms with E-state index in [1.165, 1.54) is 0 Å².